The Bertz CT molecular complexity index is 407. The number of piperidine rings is 1. The highest BCUT2D eigenvalue weighted by molar-refractivity contribution is 5.96. The van der Waals surface area contributed by atoms with E-state index in [0.29, 0.717) is 12.6 Å². The Morgan fingerprint density at radius 3 is 2.79 bits per heavy atom. The largest absolute Gasteiger partial charge is 0.348 e. The summed E-state index contributed by atoms with van der Waals surface area (Å²) in [5.74, 6) is 0.236. The molecule has 0 unspecified atom stereocenters. The van der Waals surface area contributed by atoms with Crippen LogP contribution in [0.2, 0.25) is 0 Å². The quantitative estimate of drug-likeness (QED) is 0.793. The average Bonchev–Trinajstić information content (AvgIpc) is 2.85. The molecule has 0 saturated carbocycles. The van der Waals surface area contributed by atoms with Gasteiger partial charge in [0.1, 0.15) is 0 Å². The van der Waals surface area contributed by atoms with Crippen molar-refractivity contribution in [1.82, 2.24) is 14.8 Å². The third-order valence-electron chi connectivity index (χ3n) is 3.91. The number of hydrogen-bond donors (Lipinski definition) is 1. The summed E-state index contributed by atoms with van der Waals surface area (Å²) >= 11 is 0. The van der Waals surface area contributed by atoms with Crippen LogP contribution in [0.25, 0.3) is 0 Å². The van der Waals surface area contributed by atoms with E-state index >= 15 is 0 Å². The predicted molar refractivity (Wildman–Crippen MR) is 77.5 cm³/mol. The summed E-state index contributed by atoms with van der Waals surface area (Å²) in [6, 6.07) is 4.40. The van der Waals surface area contributed by atoms with E-state index < -0.39 is 0 Å². The van der Waals surface area contributed by atoms with Gasteiger partial charge in [0, 0.05) is 19.3 Å². The van der Waals surface area contributed by atoms with Gasteiger partial charge in [-0.15, -0.1) is 0 Å². The summed E-state index contributed by atoms with van der Waals surface area (Å²) in [7, 11) is 1.93. The van der Waals surface area contributed by atoms with E-state index in [-0.39, 0.29) is 5.78 Å². The molecule has 1 aliphatic heterocycles. The second-order valence-corrected chi connectivity index (χ2v) is 5.38. The van der Waals surface area contributed by atoms with Crippen LogP contribution in [0.4, 0.5) is 0 Å². The summed E-state index contributed by atoms with van der Waals surface area (Å²) in [6.07, 6.45) is 5.34. The molecule has 0 aromatic carbocycles. The van der Waals surface area contributed by atoms with Crippen LogP contribution in [-0.4, -0.2) is 47.5 Å². The normalized spacial score (nSPS) is 17.0. The van der Waals surface area contributed by atoms with Crippen LogP contribution in [0.1, 0.15) is 36.7 Å². The molecular weight excluding hydrogens is 238 g/mol. The molecule has 0 bridgehead atoms. The van der Waals surface area contributed by atoms with Gasteiger partial charge in [0.05, 0.1) is 12.2 Å². The second kappa shape index (κ2) is 6.87. The summed E-state index contributed by atoms with van der Waals surface area (Å²) < 4.78 is 1.91. The Morgan fingerprint density at radius 2 is 2.21 bits per heavy atom. The molecule has 1 aromatic heterocycles. The van der Waals surface area contributed by atoms with E-state index in [4.69, 9.17) is 0 Å². The molecule has 2 heterocycles. The number of nitrogens with zero attached hydrogens (tertiary/aromatic N) is 2. The van der Waals surface area contributed by atoms with Gasteiger partial charge >= 0.3 is 0 Å². The predicted octanol–water partition coefficient (Wildman–Crippen LogP) is 1.67. The average molecular weight is 263 g/mol. The molecule has 0 radical (unpaired) electrons. The number of aryl methyl sites for hydroxylation is 1. The summed E-state index contributed by atoms with van der Waals surface area (Å²) in [6.45, 7) is 5.89. The van der Waals surface area contributed by atoms with Gasteiger partial charge in [-0.1, -0.05) is 6.92 Å². The van der Waals surface area contributed by atoms with E-state index in [0.717, 1.165) is 44.6 Å². The molecule has 0 spiro atoms. The highest BCUT2D eigenvalue weighted by atomic mass is 16.1. The van der Waals surface area contributed by atoms with Gasteiger partial charge in [0.2, 0.25) is 0 Å². The van der Waals surface area contributed by atoms with Gasteiger partial charge in [-0.2, -0.15) is 0 Å². The van der Waals surface area contributed by atoms with Gasteiger partial charge in [0.25, 0.3) is 0 Å². The smallest absolute Gasteiger partial charge is 0.193 e. The van der Waals surface area contributed by atoms with Gasteiger partial charge < -0.3 is 9.88 Å². The molecule has 1 N–H and O–H groups in total. The third kappa shape index (κ3) is 3.67. The number of ketones is 1. The van der Waals surface area contributed by atoms with Crippen molar-refractivity contribution in [3.05, 3.63) is 24.0 Å². The van der Waals surface area contributed by atoms with Gasteiger partial charge in [-0.05, 0) is 51.0 Å². The van der Waals surface area contributed by atoms with E-state index in [1.807, 2.05) is 29.9 Å². The molecule has 2 rings (SSSR count). The molecule has 4 heteroatoms. The van der Waals surface area contributed by atoms with Gasteiger partial charge in [0.15, 0.2) is 5.78 Å². The minimum absolute atomic E-state index is 0.236. The van der Waals surface area contributed by atoms with Crippen molar-refractivity contribution in [1.29, 1.82) is 0 Å². The van der Waals surface area contributed by atoms with E-state index in [1.54, 1.807) is 0 Å². The maximum atomic E-state index is 12.4. The first-order valence-corrected chi connectivity index (χ1v) is 7.31. The van der Waals surface area contributed by atoms with Gasteiger partial charge in [-0.25, -0.2) is 0 Å². The Morgan fingerprint density at radius 1 is 1.47 bits per heavy atom. The first-order chi connectivity index (χ1) is 9.22. The monoisotopic (exact) mass is 263 g/mol. The zero-order chi connectivity index (χ0) is 13.7. The topological polar surface area (TPSA) is 37.3 Å². The molecule has 1 fully saturated rings. The molecule has 106 valence electrons. The number of aromatic nitrogens is 1. The van der Waals surface area contributed by atoms with Crippen LogP contribution < -0.4 is 5.32 Å². The van der Waals surface area contributed by atoms with E-state index in [9.17, 15) is 4.79 Å². The standard InChI is InChI=1S/C15H25N3O/c1-3-10-18(13-6-8-16-9-7-13)12-15(19)14-5-4-11-17(14)2/h4-5,11,13,16H,3,6-10,12H2,1-2H3. The first-order valence-electron chi connectivity index (χ1n) is 7.31. The van der Waals surface area contributed by atoms with Crippen molar-refractivity contribution in [3.8, 4) is 0 Å². The molecule has 0 aliphatic carbocycles. The molecule has 0 atom stereocenters. The number of carbonyl (C=O) groups is 1. The summed E-state index contributed by atoms with van der Waals surface area (Å²) in [5.41, 5.74) is 0.815. The zero-order valence-electron chi connectivity index (χ0n) is 12.1. The Kier molecular flexibility index (Phi) is 5.16. The molecule has 0 amide bonds. The maximum Gasteiger partial charge on any atom is 0.193 e. The Balaban J connectivity index is 1.99. The fourth-order valence-corrected chi connectivity index (χ4v) is 2.87. The minimum atomic E-state index is 0.236. The fourth-order valence-electron chi connectivity index (χ4n) is 2.87. The van der Waals surface area contributed by atoms with Crippen LogP contribution >= 0.6 is 0 Å². The van der Waals surface area contributed by atoms with Crippen LogP contribution in [0.3, 0.4) is 0 Å². The second-order valence-electron chi connectivity index (χ2n) is 5.38. The molecular formula is C15H25N3O. The zero-order valence-corrected chi connectivity index (χ0v) is 12.1. The van der Waals surface area contributed by atoms with Crippen molar-refractivity contribution in [3.63, 3.8) is 0 Å². The van der Waals surface area contributed by atoms with Gasteiger partial charge in [-0.3, -0.25) is 9.69 Å². The molecule has 4 nitrogen and oxygen atoms in total. The first kappa shape index (κ1) is 14.3. The van der Waals surface area contributed by atoms with Crippen molar-refractivity contribution in [2.45, 2.75) is 32.2 Å². The van der Waals surface area contributed by atoms with E-state index in [1.165, 1.54) is 0 Å². The summed E-state index contributed by atoms with van der Waals surface area (Å²) in [4.78, 5) is 14.7. The number of rotatable bonds is 6. The van der Waals surface area contributed by atoms with Crippen molar-refractivity contribution in [2.24, 2.45) is 7.05 Å². The van der Waals surface area contributed by atoms with Crippen LogP contribution in [-0.2, 0) is 7.05 Å². The number of hydrogen-bond acceptors (Lipinski definition) is 3. The maximum absolute atomic E-state index is 12.4. The van der Waals surface area contributed by atoms with E-state index in [2.05, 4.69) is 17.1 Å². The van der Waals surface area contributed by atoms with Crippen LogP contribution in [0, 0.1) is 0 Å². The summed E-state index contributed by atoms with van der Waals surface area (Å²) in [5, 5.41) is 3.39. The lowest BCUT2D eigenvalue weighted by molar-refractivity contribution is 0.0857. The lowest BCUT2D eigenvalue weighted by Gasteiger charge is -2.34. The lowest BCUT2D eigenvalue weighted by atomic mass is 10.0. The highest BCUT2D eigenvalue weighted by Gasteiger charge is 2.23. The van der Waals surface area contributed by atoms with Crippen LogP contribution in [0.5, 0.6) is 0 Å². The number of Topliss-reactive ketones (excluding diaryl/α,β-unsaturated/α-hetero) is 1. The third-order valence-corrected chi connectivity index (χ3v) is 3.91. The minimum Gasteiger partial charge on any atom is -0.348 e. The number of carbonyl (C=O) groups excluding carboxylic acids is 1. The molecule has 1 aromatic rings. The number of nitrogens with one attached hydrogen (secondary N) is 1. The molecule has 19 heavy (non-hydrogen) atoms. The highest BCUT2D eigenvalue weighted by Crippen LogP contribution is 2.13. The molecule has 1 saturated heterocycles. The Hall–Kier alpha value is -1.13. The van der Waals surface area contributed by atoms with Crippen molar-refractivity contribution >= 4 is 5.78 Å². The SMILES string of the molecule is CCCN(CC(=O)c1cccn1C)C1CCNCC1. The molecule has 1 aliphatic rings. The Labute approximate surface area is 115 Å². The fraction of sp³-hybridized carbons (Fsp3) is 0.667. The van der Waals surface area contributed by atoms with Crippen molar-refractivity contribution in [2.75, 3.05) is 26.2 Å². The lowest BCUT2D eigenvalue weighted by Crippen LogP contribution is -2.45. The van der Waals surface area contributed by atoms with Crippen LogP contribution in [0.15, 0.2) is 18.3 Å². The van der Waals surface area contributed by atoms with Crippen molar-refractivity contribution < 1.29 is 4.79 Å².